The lowest BCUT2D eigenvalue weighted by atomic mass is 10.1. The molecule has 0 radical (unpaired) electrons. The SMILES string of the molecule is CCCCC(C)NCC(O)C(F)(F)F. The number of hydrogen-bond donors (Lipinski definition) is 2. The van der Waals surface area contributed by atoms with Crippen molar-refractivity contribution in [2.24, 2.45) is 0 Å². The highest BCUT2D eigenvalue weighted by molar-refractivity contribution is 4.70. The van der Waals surface area contributed by atoms with Gasteiger partial charge in [0.25, 0.3) is 0 Å². The van der Waals surface area contributed by atoms with Crippen LogP contribution in [0.4, 0.5) is 13.2 Å². The summed E-state index contributed by atoms with van der Waals surface area (Å²) in [4.78, 5) is 0. The summed E-state index contributed by atoms with van der Waals surface area (Å²) < 4.78 is 35.6. The second kappa shape index (κ2) is 6.24. The molecule has 0 spiro atoms. The molecule has 2 N–H and O–H groups in total. The minimum Gasteiger partial charge on any atom is -0.382 e. The summed E-state index contributed by atoms with van der Waals surface area (Å²) in [6.45, 7) is 3.42. The Morgan fingerprint density at radius 2 is 1.93 bits per heavy atom. The summed E-state index contributed by atoms with van der Waals surface area (Å²) >= 11 is 0. The quantitative estimate of drug-likeness (QED) is 0.708. The van der Waals surface area contributed by atoms with Crippen molar-refractivity contribution in [2.75, 3.05) is 6.54 Å². The Bertz CT molecular complexity index is 149. The Morgan fingerprint density at radius 3 is 2.36 bits per heavy atom. The van der Waals surface area contributed by atoms with Gasteiger partial charge in [0.05, 0.1) is 0 Å². The van der Waals surface area contributed by atoms with Gasteiger partial charge in [-0.1, -0.05) is 19.8 Å². The molecule has 0 aromatic heterocycles. The number of nitrogens with one attached hydrogen (secondary N) is 1. The topological polar surface area (TPSA) is 32.3 Å². The first-order valence-electron chi connectivity index (χ1n) is 4.86. The van der Waals surface area contributed by atoms with E-state index in [0.717, 1.165) is 19.3 Å². The minimum absolute atomic E-state index is 0.0203. The van der Waals surface area contributed by atoms with Crippen LogP contribution >= 0.6 is 0 Å². The Hall–Kier alpha value is -0.290. The molecule has 0 amide bonds. The van der Waals surface area contributed by atoms with E-state index in [9.17, 15) is 13.2 Å². The van der Waals surface area contributed by atoms with E-state index >= 15 is 0 Å². The normalized spacial score (nSPS) is 16.7. The molecule has 0 aliphatic heterocycles. The van der Waals surface area contributed by atoms with Gasteiger partial charge in [-0.25, -0.2) is 0 Å². The van der Waals surface area contributed by atoms with Gasteiger partial charge in [-0.3, -0.25) is 0 Å². The zero-order valence-corrected chi connectivity index (χ0v) is 8.56. The fourth-order valence-corrected chi connectivity index (χ4v) is 1.04. The lowest BCUT2D eigenvalue weighted by Crippen LogP contribution is -2.41. The average molecular weight is 213 g/mol. The van der Waals surface area contributed by atoms with Gasteiger partial charge in [0.15, 0.2) is 6.10 Å². The maximum Gasteiger partial charge on any atom is 0.415 e. The fourth-order valence-electron chi connectivity index (χ4n) is 1.04. The number of rotatable bonds is 6. The number of hydrogen-bond acceptors (Lipinski definition) is 2. The van der Waals surface area contributed by atoms with E-state index in [2.05, 4.69) is 5.32 Å². The lowest BCUT2D eigenvalue weighted by Gasteiger charge is -2.18. The van der Waals surface area contributed by atoms with Crippen LogP contribution in [0.3, 0.4) is 0 Å². The molecule has 2 unspecified atom stereocenters. The molecule has 0 saturated carbocycles. The van der Waals surface area contributed by atoms with Crippen molar-refractivity contribution in [3.63, 3.8) is 0 Å². The Balaban J connectivity index is 3.61. The second-order valence-corrected chi connectivity index (χ2v) is 3.51. The van der Waals surface area contributed by atoms with Gasteiger partial charge in [0, 0.05) is 12.6 Å². The average Bonchev–Trinajstić information content (AvgIpc) is 2.09. The summed E-state index contributed by atoms with van der Waals surface area (Å²) in [6.07, 6.45) is -3.94. The molecule has 14 heavy (non-hydrogen) atoms. The van der Waals surface area contributed by atoms with Crippen molar-refractivity contribution in [2.45, 2.75) is 51.4 Å². The molecule has 0 heterocycles. The zero-order valence-electron chi connectivity index (χ0n) is 8.56. The molecule has 0 aliphatic carbocycles. The highest BCUT2D eigenvalue weighted by atomic mass is 19.4. The highest BCUT2D eigenvalue weighted by Crippen LogP contribution is 2.19. The summed E-state index contributed by atoms with van der Waals surface area (Å²) in [5.41, 5.74) is 0. The second-order valence-electron chi connectivity index (χ2n) is 3.51. The van der Waals surface area contributed by atoms with Gasteiger partial charge in [-0.05, 0) is 13.3 Å². The van der Waals surface area contributed by atoms with Crippen LogP contribution in [0.5, 0.6) is 0 Å². The van der Waals surface area contributed by atoms with Crippen molar-refractivity contribution in [3.05, 3.63) is 0 Å². The molecular weight excluding hydrogens is 195 g/mol. The summed E-state index contributed by atoms with van der Waals surface area (Å²) in [5.74, 6) is 0. The Labute approximate surface area is 82.5 Å². The van der Waals surface area contributed by atoms with Gasteiger partial charge in [0.1, 0.15) is 0 Å². The largest absolute Gasteiger partial charge is 0.415 e. The number of halogens is 3. The molecule has 0 aromatic rings. The minimum atomic E-state index is -4.52. The third-order valence-electron chi connectivity index (χ3n) is 2.03. The summed E-state index contributed by atoms with van der Waals surface area (Å²) in [6, 6.07) is 0.0203. The van der Waals surface area contributed by atoms with E-state index in [4.69, 9.17) is 5.11 Å². The van der Waals surface area contributed by atoms with E-state index in [0.29, 0.717) is 0 Å². The first kappa shape index (κ1) is 13.7. The van der Waals surface area contributed by atoms with Crippen LogP contribution in [-0.4, -0.2) is 30.0 Å². The van der Waals surface area contributed by atoms with Crippen molar-refractivity contribution >= 4 is 0 Å². The number of aliphatic hydroxyl groups is 1. The summed E-state index contributed by atoms with van der Waals surface area (Å²) in [5, 5.41) is 11.3. The van der Waals surface area contributed by atoms with Gasteiger partial charge >= 0.3 is 6.18 Å². The molecule has 2 atom stereocenters. The van der Waals surface area contributed by atoms with Gasteiger partial charge in [-0.15, -0.1) is 0 Å². The van der Waals surface area contributed by atoms with Gasteiger partial charge in [0.2, 0.25) is 0 Å². The predicted molar refractivity (Wildman–Crippen MR) is 49.1 cm³/mol. The van der Waals surface area contributed by atoms with E-state index in [1.165, 1.54) is 0 Å². The molecule has 0 rings (SSSR count). The van der Waals surface area contributed by atoms with Crippen LogP contribution in [0.15, 0.2) is 0 Å². The predicted octanol–water partition coefficient (Wildman–Crippen LogP) is 2.08. The van der Waals surface area contributed by atoms with E-state index < -0.39 is 18.8 Å². The first-order valence-corrected chi connectivity index (χ1v) is 4.86. The van der Waals surface area contributed by atoms with E-state index in [1.807, 2.05) is 13.8 Å². The molecule has 0 aromatic carbocycles. The smallest absolute Gasteiger partial charge is 0.382 e. The van der Waals surface area contributed by atoms with Gasteiger partial charge < -0.3 is 10.4 Å². The number of alkyl halides is 3. The third kappa shape index (κ3) is 6.21. The van der Waals surface area contributed by atoms with E-state index in [-0.39, 0.29) is 6.04 Å². The molecule has 0 bridgehead atoms. The van der Waals surface area contributed by atoms with Crippen LogP contribution < -0.4 is 5.32 Å². The van der Waals surface area contributed by atoms with Gasteiger partial charge in [-0.2, -0.15) is 13.2 Å². The highest BCUT2D eigenvalue weighted by Gasteiger charge is 2.37. The zero-order chi connectivity index (χ0) is 11.2. The maximum atomic E-state index is 11.9. The number of unbranched alkanes of at least 4 members (excludes halogenated alkanes) is 1. The first-order chi connectivity index (χ1) is 6.38. The molecule has 2 nitrogen and oxygen atoms in total. The standard InChI is InChI=1S/C9H18F3NO/c1-3-4-5-7(2)13-6-8(14)9(10,11)12/h7-8,13-14H,3-6H2,1-2H3. The fraction of sp³-hybridized carbons (Fsp3) is 1.00. The molecule has 0 aliphatic rings. The third-order valence-corrected chi connectivity index (χ3v) is 2.03. The number of aliphatic hydroxyl groups excluding tert-OH is 1. The van der Waals surface area contributed by atoms with Crippen molar-refractivity contribution in [1.82, 2.24) is 5.32 Å². The molecular formula is C9H18F3NO. The van der Waals surface area contributed by atoms with Crippen molar-refractivity contribution in [3.8, 4) is 0 Å². The van der Waals surface area contributed by atoms with Crippen LogP contribution in [0.25, 0.3) is 0 Å². The van der Waals surface area contributed by atoms with Crippen molar-refractivity contribution < 1.29 is 18.3 Å². The Kier molecular flexibility index (Phi) is 6.11. The molecule has 0 fully saturated rings. The van der Waals surface area contributed by atoms with Crippen LogP contribution in [-0.2, 0) is 0 Å². The molecule has 86 valence electrons. The molecule has 0 saturated heterocycles. The van der Waals surface area contributed by atoms with Crippen LogP contribution in [0.1, 0.15) is 33.1 Å². The van der Waals surface area contributed by atoms with E-state index in [1.54, 1.807) is 0 Å². The molecule has 5 heteroatoms. The van der Waals surface area contributed by atoms with Crippen LogP contribution in [0.2, 0.25) is 0 Å². The summed E-state index contributed by atoms with van der Waals surface area (Å²) in [7, 11) is 0. The van der Waals surface area contributed by atoms with Crippen molar-refractivity contribution in [1.29, 1.82) is 0 Å². The monoisotopic (exact) mass is 213 g/mol. The maximum absolute atomic E-state index is 11.9. The van der Waals surface area contributed by atoms with Crippen LogP contribution in [0, 0.1) is 0 Å². The Morgan fingerprint density at radius 1 is 1.36 bits per heavy atom. The lowest BCUT2D eigenvalue weighted by molar-refractivity contribution is -0.202.